The summed E-state index contributed by atoms with van der Waals surface area (Å²) in [6.45, 7) is 14.9. The Morgan fingerprint density at radius 1 is 0.914 bits per heavy atom. The Labute approximate surface area is 216 Å². The SMILES string of the molecule is CC(C)NC(=O)CN1CCN(CCCCCOc2ccc(C(C)(C)c3ccc(Cl)cc3)cc2)CC1. The number of hydrogen-bond donors (Lipinski definition) is 1. The molecule has 1 amide bonds. The molecule has 0 aliphatic carbocycles. The summed E-state index contributed by atoms with van der Waals surface area (Å²) in [5, 5.41) is 3.74. The van der Waals surface area contributed by atoms with Crippen molar-refractivity contribution in [1.29, 1.82) is 0 Å². The normalized spacial score (nSPS) is 15.4. The number of nitrogens with zero attached hydrogens (tertiary/aromatic N) is 2. The highest BCUT2D eigenvalue weighted by atomic mass is 35.5. The third-order valence-corrected chi connectivity index (χ3v) is 7.06. The first-order chi connectivity index (χ1) is 16.7. The van der Waals surface area contributed by atoms with Gasteiger partial charge in [0.2, 0.25) is 5.91 Å². The van der Waals surface area contributed by atoms with Crippen LogP contribution in [0, 0.1) is 0 Å². The van der Waals surface area contributed by atoms with E-state index in [0.717, 1.165) is 56.5 Å². The summed E-state index contributed by atoms with van der Waals surface area (Å²) >= 11 is 6.05. The third-order valence-electron chi connectivity index (χ3n) is 6.81. The topological polar surface area (TPSA) is 44.8 Å². The standard InChI is InChI=1S/C29H42ClN3O2/c1-23(2)31-28(34)22-33-19-17-32(18-20-33)16-6-5-7-21-35-27-14-10-25(11-15-27)29(3,4)24-8-12-26(30)13-9-24/h8-15,23H,5-7,16-22H2,1-4H3,(H,31,34). The number of nitrogens with one attached hydrogen (secondary N) is 1. The number of unbranched alkanes of at least 4 members (excludes halogenated alkanes) is 2. The number of amides is 1. The molecule has 2 aromatic rings. The maximum absolute atomic E-state index is 11.9. The molecule has 1 aliphatic rings. The fourth-order valence-corrected chi connectivity index (χ4v) is 4.67. The molecule has 1 fully saturated rings. The largest absolute Gasteiger partial charge is 0.494 e. The molecule has 6 heteroatoms. The second-order valence-electron chi connectivity index (χ2n) is 10.4. The minimum atomic E-state index is -0.0882. The second kappa shape index (κ2) is 13.3. The van der Waals surface area contributed by atoms with Crippen molar-refractivity contribution in [2.45, 2.75) is 58.4 Å². The van der Waals surface area contributed by atoms with E-state index in [1.54, 1.807) is 0 Å². The molecular formula is C29H42ClN3O2. The smallest absolute Gasteiger partial charge is 0.234 e. The van der Waals surface area contributed by atoms with E-state index in [-0.39, 0.29) is 17.4 Å². The van der Waals surface area contributed by atoms with Crippen molar-refractivity contribution >= 4 is 17.5 Å². The zero-order chi connectivity index (χ0) is 25.3. The van der Waals surface area contributed by atoms with Gasteiger partial charge >= 0.3 is 0 Å². The first-order valence-corrected chi connectivity index (χ1v) is 13.4. The molecule has 0 unspecified atom stereocenters. The van der Waals surface area contributed by atoms with Crippen molar-refractivity contribution in [3.05, 3.63) is 64.7 Å². The summed E-state index contributed by atoms with van der Waals surface area (Å²) in [6, 6.07) is 16.8. The predicted molar refractivity (Wildman–Crippen MR) is 146 cm³/mol. The number of rotatable bonds is 12. The van der Waals surface area contributed by atoms with Crippen LogP contribution in [0.5, 0.6) is 5.75 Å². The highest BCUT2D eigenvalue weighted by Crippen LogP contribution is 2.33. The summed E-state index contributed by atoms with van der Waals surface area (Å²) in [4.78, 5) is 16.7. The van der Waals surface area contributed by atoms with Crippen LogP contribution in [0.4, 0.5) is 0 Å². The van der Waals surface area contributed by atoms with Gasteiger partial charge in [0, 0.05) is 42.7 Å². The van der Waals surface area contributed by atoms with Gasteiger partial charge in [0.05, 0.1) is 13.2 Å². The molecule has 0 atom stereocenters. The predicted octanol–water partition coefficient (Wildman–Crippen LogP) is 5.36. The Morgan fingerprint density at radius 3 is 2.09 bits per heavy atom. The van der Waals surface area contributed by atoms with E-state index in [4.69, 9.17) is 16.3 Å². The molecule has 0 saturated carbocycles. The van der Waals surface area contributed by atoms with Gasteiger partial charge in [0.25, 0.3) is 0 Å². The molecule has 1 saturated heterocycles. The van der Waals surface area contributed by atoms with E-state index in [0.29, 0.717) is 6.54 Å². The van der Waals surface area contributed by atoms with Crippen LogP contribution >= 0.6 is 11.6 Å². The van der Waals surface area contributed by atoms with Gasteiger partial charge in [-0.3, -0.25) is 9.69 Å². The Kier molecular flexibility index (Phi) is 10.4. The fourth-order valence-electron chi connectivity index (χ4n) is 4.55. The zero-order valence-electron chi connectivity index (χ0n) is 21.9. The molecule has 192 valence electrons. The highest BCUT2D eigenvalue weighted by molar-refractivity contribution is 6.30. The van der Waals surface area contributed by atoms with E-state index < -0.39 is 0 Å². The van der Waals surface area contributed by atoms with Crippen molar-refractivity contribution in [1.82, 2.24) is 15.1 Å². The Bertz CT molecular complexity index is 905. The third kappa shape index (κ3) is 8.82. The molecule has 0 aromatic heterocycles. The van der Waals surface area contributed by atoms with Crippen LogP contribution in [0.1, 0.15) is 58.1 Å². The quantitative estimate of drug-likeness (QED) is 0.399. The van der Waals surface area contributed by atoms with Gasteiger partial charge in [-0.25, -0.2) is 0 Å². The molecule has 35 heavy (non-hydrogen) atoms. The molecule has 5 nitrogen and oxygen atoms in total. The first kappa shape index (κ1) is 27.5. The molecule has 2 aromatic carbocycles. The maximum atomic E-state index is 11.9. The van der Waals surface area contributed by atoms with Crippen LogP contribution < -0.4 is 10.1 Å². The van der Waals surface area contributed by atoms with Gasteiger partial charge < -0.3 is 15.0 Å². The Morgan fingerprint density at radius 2 is 1.49 bits per heavy atom. The fraction of sp³-hybridized carbons (Fsp3) is 0.552. The van der Waals surface area contributed by atoms with Gasteiger partial charge in [0.15, 0.2) is 0 Å². The molecule has 1 heterocycles. The number of ether oxygens (including phenoxy) is 1. The minimum absolute atomic E-state index is 0.0882. The molecule has 3 rings (SSSR count). The van der Waals surface area contributed by atoms with Gasteiger partial charge in [-0.05, 0) is 75.0 Å². The van der Waals surface area contributed by atoms with Crippen LogP contribution in [0.15, 0.2) is 48.5 Å². The Balaban J connectivity index is 1.29. The van der Waals surface area contributed by atoms with E-state index in [1.165, 1.54) is 24.0 Å². The van der Waals surface area contributed by atoms with Gasteiger partial charge in [-0.15, -0.1) is 0 Å². The van der Waals surface area contributed by atoms with E-state index >= 15 is 0 Å². The van der Waals surface area contributed by atoms with E-state index in [2.05, 4.69) is 65.4 Å². The van der Waals surface area contributed by atoms with Crippen molar-refractivity contribution in [2.24, 2.45) is 0 Å². The molecular weight excluding hydrogens is 458 g/mol. The summed E-state index contributed by atoms with van der Waals surface area (Å²) in [5.74, 6) is 1.06. The molecule has 1 N–H and O–H groups in total. The average Bonchev–Trinajstić information content (AvgIpc) is 2.82. The summed E-state index contributed by atoms with van der Waals surface area (Å²) in [5.41, 5.74) is 2.41. The first-order valence-electron chi connectivity index (χ1n) is 13.0. The second-order valence-corrected chi connectivity index (χ2v) is 10.8. The van der Waals surface area contributed by atoms with E-state index in [1.807, 2.05) is 26.0 Å². The number of hydrogen-bond acceptors (Lipinski definition) is 4. The van der Waals surface area contributed by atoms with Crippen LogP contribution in [-0.2, 0) is 10.2 Å². The van der Waals surface area contributed by atoms with Crippen LogP contribution in [0.2, 0.25) is 5.02 Å². The summed E-state index contributed by atoms with van der Waals surface area (Å²) in [6.07, 6.45) is 3.41. The lowest BCUT2D eigenvalue weighted by Crippen LogP contribution is -2.50. The number of piperazine rings is 1. The van der Waals surface area contributed by atoms with Crippen molar-refractivity contribution < 1.29 is 9.53 Å². The van der Waals surface area contributed by atoms with Crippen LogP contribution in [0.25, 0.3) is 0 Å². The average molecular weight is 500 g/mol. The van der Waals surface area contributed by atoms with Crippen molar-refractivity contribution in [3.8, 4) is 5.75 Å². The minimum Gasteiger partial charge on any atom is -0.494 e. The van der Waals surface area contributed by atoms with Crippen molar-refractivity contribution in [3.63, 3.8) is 0 Å². The molecule has 0 bridgehead atoms. The lowest BCUT2D eigenvalue weighted by molar-refractivity contribution is -0.123. The lowest BCUT2D eigenvalue weighted by Gasteiger charge is -2.34. The van der Waals surface area contributed by atoms with Gasteiger partial charge in [-0.1, -0.05) is 49.7 Å². The number of carbonyl (C=O) groups excluding carboxylic acids is 1. The molecule has 0 spiro atoms. The summed E-state index contributed by atoms with van der Waals surface area (Å²) in [7, 11) is 0. The van der Waals surface area contributed by atoms with Crippen LogP contribution in [0.3, 0.4) is 0 Å². The van der Waals surface area contributed by atoms with Gasteiger partial charge in [-0.2, -0.15) is 0 Å². The van der Waals surface area contributed by atoms with Crippen LogP contribution in [-0.4, -0.2) is 67.6 Å². The lowest BCUT2D eigenvalue weighted by atomic mass is 9.78. The molecule has 0 radical (unpaired) electrons. The van der Waals surface area contributed by atoms with Gasteiger partial charge in [0.1, 0.15) is 5.75 Å². The zero-order valence-corrected chi connectivity index (χ0v) is 22.6. The van der Waals surface area contributed by atoms with Crippen molar-refractivity contribution in [2.75, 3.05) is 45.9 Å². The summed E-state index contributed by atoms with van der Waals surface area (Å²) < 4.78 is 5.99. The molecule has 1 aliphatic heterocycles. The Hall–Kier alpha value is -2.08. The monoisotopic (exact) mass is 499 g/mol. The number of benzene rings is 2. The number of carbonyl (C=O) groups is 1. The highest BCUT2D eigenvalue weighted by Gasteiger charge is 2.23. The number of halogens is 1. The van der Waals surface area contributed by atoms with E-state index in [9.17, 15) is 4.79 Å². The maximum Gasteiger partial charge on any atom is 0.234 e.